The molecule has 0 radical (unpaired) electrons. The van der Waals surface area contributed by atoms with Gasteiger partial charge in [0.15, 0.2) is 34.6 Å². The highest BCUT2D eigenvalue weighted by Crippen LogP contribution is 2.29. The number of hydrogen-bond donors (Lipinski definition) is 3. The number of allylic oxidation sites excluding steroid dienone is 2. The summed E-state index contributed by atoms with van der Waals surface area (Å²) < 4.78 is 27.3. The number of alkyl carbamates (subject to hydrolysis) is 1. The monoisotopic (exact) mass is 611 g/mol. The van der Waals surface area contributed by atoms with E-state index in [1.165, 1.54) is 19.3 Å². The third-order valence-electron chi connectivity index (χ3n) is 6.21. The zero-order chi connectivity index (χ0) is 32.3. The second-order valence-electron chi connectivity index (χ2n) is 9.92. The fourth-order valence-electron chi connectivity index (χ4n) is 3.95. The summed E-state index contributed by atoms with van der Waals surface area (Å²) in [6.07, 6.45) is 5.76. The predicted octanol–water partition coefficient (Wildman–Crippen LogP) is 3.91. The van der Waals surface area contributed by atoms with Gasteiger partial charge in [-0.2, -0.15) is 0 Å². The Morgan fingerprint density at radius 3 is 1.68 bits per heavy atom. The van der Waals surface area contributed by atoms with Crippen molar-refractivity contribution in [3.63, 3.8) is 0 Å². The molecule has 0 fully saturated rings. The Morgan fingerprint density at radius 2 is 1.23 bits per heavy atom. The molecule has 2 aromatic rings. The molecule has 1 amide bonds. The molecule has 11 nitrogen and oxygen atoms in total. The summed E-state index contributed by atoms with van der Waals surface area (Å²) >= 11 is 0. The van der Waals surface area contributed by atoms with Gasteiger partial charge in [-0.3, -0.25) is 9.59 Å². The molecule has 0 bridgehead atoms. The molecule has 3 N–H and O–H groups in total. The van der Waals surface area contributed by atoms with E-state index in [4.69, 9.17) is 23.7 Å². The summed E-state index contributed by atoms with van der Waals surface area (Å²) in [5, 5.41) is 8.63. The summed E-state index contributed by atoms with van der Waals surface area (Å²) in [5.74, 6) is 0.655. The smallest absolute Gasteiger partial charge is 0.407 e. The minimum absolute atomic E-state index is 0.210. The molecule has 0 aromatic heterocycles. The first-order valence-electron chi connectivity index (χ1n) is 14.5. The standard InChI is InChI=1S/C33H45N3O8/c1-23(2)44-33(39)36-18-20-43-30-14-10-25(22-32(30)41-6)8-12-28(38)26(15-16-34-3)27(37)11-7-24-9-13-29(31(21-24)40-5)42-19-17-35-4/h7-14,21-23,26,34-35H,15-20H2,1-6H3,(H,36,39)/b11-7+,12-8+. The number of ketones is 2. The summed E-state index contributed by atoms with van der Waals surface area (Å²) in [7, 11) is 6.69. The van der Waals surface area contributed by atoms with Gasteiger partial charge in [-0.15, -0.1) is 0 Å². The van der Waals surface area contributed by atoms with Crippen molar-refractivity contribution in [1.82, 2.24) is 16.0 Å². The van der Waals surface area contributed by atoms with Crippen LogP contribution in [0, 0.1) is 5.92 Å². The van der Waals surface area contributed by atoms with Crippen LogP contribution in [0.3, 0.4) is 0 Å². The van der Waals surface area contributed by atoms with Crippen LogP contribution in [0.2, 0.25) is 0 Å². The van der Waals surface area contributed by atoms with E-state index in [1.807, 2.05) is 13.1 Å². The maximum absolute atomic E-state index is 13.2. The van der Waals surface area contributed by atoms with Gasteiger partial charge in [0, 0.05) is 6.54 Å². The SMILES string of the molecule is CNCCOc1ccc(/C=C/C(=O)C(CCNC)C(=O)/C=C/c2ccc(OCCNC(=O)OC(C)C)c(OC)c2)cc1OC. The van der Waals surface area contributed by atoms with Crippen molar-refractivity contribution < 1.29 is 38.1 Å². The lowest BCUT2D eigenvalue weighted by Crippen LogP contribution is -2.30. The number of ether oxygens (including phenoxy) is 5. The number of benzene rings is 2. The van der Waals surface area contributed by atoms with Crippen LogP contribution in [-0.2, 0) is 14.3 Å². The second kappa shape index (κ2) is 19.8. The molecule has 44 heavy (non-hydrogen) atoms. The van der Waals surface area contributed by atoms with E-state index in [-0.39, 0.29) is 30.8 Å². The maximum atomic E-state index is 13.2. The van der Waals surface area contributed by atoms with Gasteiger partial charge in [-0.1, -0.05) is 24.3 Å². The number of carbonyl (C=O) groups excluding carboxylic acids is 3. The van der Waals surface area contributed by atoms with Crippen LogP contribution >= 0.6 is 0 Å². The molecule has 0 aliphatic rings. The molecule has 2 rings (SSSR count). The minimum Gasteiger partial charge on any atom is -0.493 e. The maximum Gasteiger partial charge on any atom is 0.407 e. The third-order valence-corrected chi connectivity index (χ3v) is 6.21. The van der Waals surface area contributed by atoms with Crippen LogP contribution in [0.1, 0.15) is 31.4 Å². The fourth-order valence-corrected chi connectivity index (χ4v) is 3.95. The largest absolute Gasteiger partial charge is 0.493 e. The van der Waals surface area contributed by atoms with Crippen LogP contribution in [-0.4, -0.2) is 84.9 Å². The molecule has 11 heteroatoms. The molecule has 0 aliphatic carbocycles. The summed E-state index contributed by atoms with van der Waals surface area (Å²) in [5.41, 5.74) is 1.44. The Morgan fingerprint density at radius 1 is 0.727 bits per heavy atom. The first-order chi connectivity index (χ1) is 21.2. The molecular weight excluding hydrogens is 566 g/mol. The van der Waals surface area contributed by atoms with Gasteiger partial charge in [0.1, 0.15) is 13.2 Å². The van der Waals surface area contributed by atoms with Gasteiger partial charge in [0.05, 0.1) is 32.8 Å². The van der Waals surface area contributed by atoms with E-state index in [9.17, 15) is 14.4 Å². The molecule has 240 valence electrons. The van der Waals surface area contributed by atoms with Gasteiger partial charge >= 0.3 is 6.09 Å². The number of methoxy groups -OCH3 is 2. The van der Waals surface area contributed by atoms with Gasteiger partial charge in [0.2, 0.25) is 0 Å². The molecule has 0 spiro atoms. The molecule has 0 saturated heterocycles. The van der Waals surface area contributed by atoms with E-state index in [0.29, 0.717) is 54.7 Å². The second-order valence-corrected chi connectivity index (χ2v) is 9.92. The Labute approximate surface area is 259 Å². The number of hydrogen-bond acceptors (Lipinski definition) is 10. The normalized spacial score (nSPS) is 11.9. The molecule has 0 saturated carbocycles. The first kappa shape index (κ1) is 35.8. The topological polar surface area (TPSA) is 133 Å². The van der Waals surface area contributed by atoms with Crippen LogP contribution in [0.25, 0.3) is 12.2 Å². The Hall–Kier alpha value is -4.35. The first-order valence-corrected chi connectivity index (χ1v) is 14.5. The molecular formula is C33H45N3O8. The van der Waals surface area contributed by atoms with Crippen molar-refractivity contribution >= 4 is 29.8 Å². The van der Waals surface area contributed by atoms with Crippen LogP contribution in [0.5, 0.6) is 23.0 Å². The van der Waals surface area contributed by atoms with Gasteiger partial charge in [-0.05, 0) is 88.5 Å². The van der Waals surface area contributed by atoms with E-state index in [1.54, 1.807) is 70.5 Å². The van der Waals surface area contributed by atoms with Crippen molar-refractivity contribution in [3.8, 4) is 23.0 Å². The third kappa shape index (κ3) is 12.5. The molecule has 0 heterocycles. The molecule has 0 aliphatic heterocycles. The van der Waals surface area contributed by atoms with Crippen molar-refractivity contribution in [2.45, 2.75) is 26.4 Å². The lowest BCUT2D eigenvalue weighted by molar-refractivity contribution is -0.127. The van der Waals surface area contributed by atoms with E-state index in [2.05, 4.69) is 16.0 Å². The van der Waals surface area contributed by atoms with E-state index < -0.39 is 12.0 Å². The highest BCUT2D eigenvalue weighted by Gasteiger charge is 2.22. The zero-order valence-electron chi connectivity index (χ0n) is 26.4. The number of likely N-dealkylation sites (N-methyl/N-ethyl adjacent to an activating group) is 1. The number of amides is 1. The number of rotatable bonds is 20. The van der Waals surface area contributed by atoms with Crippen LogP contribution in [0.4, 0.5) is 4.79 Å². The molecule has 1 atom stereocenters. The van der Waals surface area contributed by atoms with E-state index in [0.717, 1.165) is 5.56 Å². The fraction of sp³-hybridized carbons (Fsp3) is 0.424. The van der Waals surface area contributed by atoms with Crippen LogP contribution < -0.4 is 34.9 Å². The highest BCUT2D eigenvalue weighted by atomic mass is 16.6. The zero-order valence-corrected chi connectivity index (χ0v) is 26.4. The van der Waals surface area contributed by atoms with Crippen molar-refractivity contribution in [2.24, 2.45) is 5.92 Å². The van der Waals surface area contributed by atoms with Crippen molar-refractivity contribution in [3.05, 3.63) is 59.7 Å². The highest BCUT2D eigenvalue weighted by molar-refractivity contribution is 6.13. The van der Waals surface area contributed by atoms with E-state index >= 15 is 0 Å². The van der Waals surface area contributed by atoms with Crippen molar-refractivity contribution in [1.29, 1.82) is 0 Å². The lowest BCUT2D eigenvalue weighted by atomic mass is 9.93. The average Bonchev–Trinajstić information content (AvgIpc) is 3.01. The number of carbonyl (C=O) groups is 3. The average molecular weight is 612 g/mol. The Kier molecular flexibility index (Phi) is 16.1. The van der Waals surface area contributed by atoms with Gasteiger partial charge in [0.25, 0.3) is 0 Å². The summed E-state index contributed by atoms with van der Waals surface area (Å²) in [6, 6.07) is 10.6. The Balaban J connectivity index is 2.06. The molecule has 1 unspecified atom stereocenters. The Bertz CT molecular complexity index is 1280. The molecule has 2 aromatic carbocycles. The summed E-state index contributed by atoms with van der Waals surface area (Å²) in [6.45, 7) is 5.69. The lowest BCUT2D eigenvalue weighted by Gasteiger charge is -2.13. The quantitative estimate of drug-likeness (QED) is 0.115. The number of nitrogens with one attached hydrogen (secondary N) is 3. The van der Waals surface area contributed by atoms with Crippen LogP contribution in [0.15, 0.2) is 48.6 Å². The summed E-state index contributed by atoms with van der Waals surface area (Å²) in [4.78, 5) is 37.9. The predicted molar refractivity (Wildman–Crippen MR) is 171 cm³/mol. The van der Waals surface area contributed by atoms with Gasteiger partial charge < -0.3 is 39.6 Å². The minimum atomic E-state index is -0.847. The van der Waals surface area contributed by atoms with Crippen molar-refractivity contribution in [2.75, 3.05) is 61.2 Å². The van der Waals surface area contributed by atoms with Gasteiger partial charge in [-0.25, -0.2) is 4.79 Å².